The van der Waals surface area contributed by atoms with Crippen molar-refractivity contribution in [3.63, 3.8) is 0 Å². The molecule has 0 aliphatic heterocycles. The molecule has 0 amide bonds. The van der Waals surface area contributed by atoms with Gasteiger partial charge in [0.25, 0.3) is 0 Å². The summed E-state index contributed by atoms with van der Waals surface area (Å²) in [6.45, 7) is 1.70. The van der Waals surface area contributed by atoms with Gasteiger partial charge in [-0.1, -0.05) is 40.5 Å². The van der Waals surface area contributed by atoms with Crippen molar-refractivity contribution in [1.29, 1.82) is 0 Å². The van der Waals surface area contributed by atoms with Crippen molar-refractivity contribution < 1.29 is 22.5 Å². The molecule has 0 aliphatic carbocycles. The van der Waals surface area contributed by atoms with Crippen molar-refractivity contribution in [1.82, 2.24) is 14.9 Å². The summed E-state index contributed by atoms with van der Waals surface area (Å²) in [5.41, 5.74) is 1.85. The van der Waals surface area contributed by atoms with Crippen LogP contribution < -0.4 is 4.72 Å². The van der Waals surface area contributed by atoms with Gasteiger partial charge in [-0.3, -0.25) is 0 Å². The Bertz CT molecular complexity index is 1130. The van der Waals surface area contributed by atoms with Crippen LogP contribution >= 0.6 is 11.6 Å². The van der Waals surface area contributed by atoms with Crippen molar-refractivity contribution in [2.45, 2.75) is 18.4 Å². The lowest BCUT2D eigenvalue weighted by molar-refractivity contribution is 0.0600. The summed E-state index contributed by atoms with van der Waals surface area (Å²) in [6, 6.07) is 11.3. The normalized spacial score (nSPS) is 11.4. The van der Waals surface area contributed by atoms with Gasteiger partial charge in [-0.05, 0) is 31.2 Å². The highest BCUT2D eigenvalue weighted by molar-refractivity contribution is 7.89. The average molecular weight is 422 g/mol. The first kappa shape index (κ1) is 20.0. The lowest BCUT2D eigenvalue weighted by Gasteiger charge is -2.08. The summed E-state index contributed by atoms with van der Waals surface area (Å²) in [4.78, 5) is 15.6. The molecule has 8 nitrogen and oxygen atoms in total. The molecule has 3 aromatic rings. The summed E-state index contributed by atoms with van der Waals surface area (Å²) < 4.78 is 37.2. The molecule has 0 saturated carbocycles. The van der Waals surface area contributed by atoms with Gasteiger partial charge in [-0.25, -0.2) is 17.9 Å². The van der Waals surface area contributed by atoms with Gasteiger partial charge in [-0.15, -0.1) is 0 Å². The van der Waals surface area contributed by atoms with E-state index in [9.17, 15) is 13.2 Å². The number of methoxy groups -OCH3 is 1. The largest absolute Gasteiger partial charge is 0.465 e. The molecular weight excluding hydrogens is 406 g/mol. The second kappa shape index (κ2) is 8.09. The second-order valence-electron chi connectivity index (χ2n) is 5.84. The number of ether oxygens (including phenoxy) is 1. The minimum Gasteiger partial charge on any atom is -0.465 e. The molecule has 0 spiro atoms. The number of hydrogen-bond acceptors (Lipinski definition) is 7. The fraction of sp³-hybridized carbons (Fsp3) is 0.167. The average Bonchev–Trinajstić information content (AvgIpc) is 3.15. The second-order valence-corrected chi connectivity index (χ2v) is 7.99. The number of aryl methyl sites for hydroxylation is 1. The van der Waals surface area contributed by atoms with Crippen LogP contribution in [0.2, 0.25) is 5.02 Å². The van der Waals surface area contributed by atoms with E-state index in [0.717, 1.165) is 17.2 Å². The molecule has 0 radical (unpaired) electrons. The summed E-state index contributed by atoms with van der Waals surface area (Å²) in [6.07, 6.45) is 0. The lowest BCUT2D eigenvalue weighted by Crippen LogP contribution is -2.24. The molecular formula is C18H16ClN3O5S. The maximum Gasteiger partial charge on any atom is 0.337 e. The number of esters is 1. The third-order valence-corrected chi connectivity index (χ3v) is 5.68. The van der Waals surface area contributed by atoms with E-state index in [0.29, 0.717) is 5.82 Å². The van der Waals surface area contributed by atoms with Crippen molar-refractivity contribution in [3.8, 4) is 11.4 Å². The van der Waals surface area contributed by atoms with Crippen molar-refractivity contribution in [2.75, 3.05) is 7.11 Å². The molecule has 0 bridgehead atoms. The zero-order valence-electron chi connectivity index (χ0n) is 15.0. The number of carbonyl (C=O) groups excluding carboxylic acids is 1. The predicted molar refractivity (Wildman–Crippen MR) is 101 cm³/mol. The van der Waals surface area contributed by atoms with Crippen LogP contribution in [0.1, 0.15) is 21.8 Å². The van der Waals surface area contributed by atoms with E-state index in [1.807, 2.05) is 31.2 Å². The molecule has 146 valence electrons. The zero-order chi connectivity index (χ0) is 20.3. The number of sulfonamides is 1. The van der Waals surface area contributed by atoms with E-state index in [1.54, 1.807) is 0 Å². The topological polar surface area (TPSA) is 111 Å². The van der Waals surface area contributed by atoms with Gasteiger partial charge in [0.15, 0.2) is 0 Å². The number of carbonyl (C=O) groups is 1. The number of hydrogen-bond donors (Lipinski definition) is 1. The van der Waals surface area contributed by atoms with Crippen molar-refractivity contribution >= 4 is 27.6 Å². The molecule has 0 saturated heterocycles. The van der Waals surface area contributed by atoms with E-state index in [2.05, 4.69) is 19.6 Å². The van der Waals surface area contributed by atoms with Gasteiger partial charge in [0.2, 0.25) is 21.7 Å². The van der Waals surface area contributed by atoms with Crippen LogP contribution in [0.15, 0.2) is 51.9 Å². The maximum absolute atomic E-state index is 12.6. The molecule has 0 atom stereocenters. The van der Waals surface area contributed by atoms with Crippen LogP contribution in [0.5, 0.6) is 0 Å². The van der Waals surface area contributed by atoms with E-state index < -0.39 is 16.0 Å². The molecule has 0 unspecified atom stereocenters. The smallest absolute Gasteiger partial charge is 0.337 e. The van der Waals surface area contributed by atoms with Crippen LogP contribution in [0.4, 0.5) is 0 Å². The first-order valence-electron chi connectivity index (χ1n) is 8.07. The highest BCUT2D eigenvalue weighted by atomic mass is 35.5. The predicted octanol–water partition coefficient (Wildman–Crippen LogP) is 2.96. The van der Waals surface area contributed by atoms with Gasteiger partial charge in [-0.2, -0.15) is 4.98 Å². The Morgan fingerprint density at radius 3 is 2.75 bits per heavy atom. The Hall–Kier alpha value is -2.75. The molecule has 1 heterocycles. The van der Waals surface area contributed by atoms with E-state index >= 15 is 0 Å². The Labute approximate surface area is 166 Å². The van der Waals surface area contributed by atoms with Crippen LogP contribution in [0.3, 0.4) is 0 Å². The summed E-state index contributed by atoms with van der Waals surface area (Å²) in [7, 11) is -2.83. The highest BCUT2D eigenvalue weighted by Crippen LogP contribution is 2.23. The number of halogens is 1. The Kier molecular flexibility index (Phi) is 5.78. The quantitative estimate of drug-likeness (QED) is 0.609. The standard InChI is InChI=1S/C18H16ClN3O5S/c1-11-4-3-5-12(8-11)17-21-16(27-22-17)10-20-28(24,25)15-9-13(18(23)26-2)6-7-14(15)19/h3-9,20H,10H2,1-2H3. The fourth-order valence-electron chi connectivity index (χ4n) is 2.42. The maximum atomic E-state index is 12.6. The van der Waals surface area contributed by atoms with Crippen LogP contribution in [0.25, 0.3) is 11.4 Å². The minimum atomic E-state index is -4.03. The van der Waals surface area contributed by atoms with Gasteiger partial charge in [0.1, 0.15) is 4.90 Å². The molecule has 0 aliphatic rings. The number of aromatic nitrogens is 2. The van der Waals surface area contributed by atoms with Gasteiger partial charge in [0.05, 0.1) is 24.2 Å². The van der Waals surface area contributed by atoms with Crippen LogP contribution in [-0.2, 0) is 21.3 Å². The molecule has 2 aromatic carbocycles. The van der Waals surface area contributed by atoms with Gasteiger partial charge in [0, 0.05) is 5.56 Å². The molecule has 3 rings (SSSR count). The monoisotopic (exact) mass is 421 g/mol. The van der Waals surface area contributed by atoms with Crippen molar-refractivity contribution in [3.05, 3.63) is 64.5 Å². The highest BCUT2D eigenvalue weighted by Gasteiger charge is 2.21. The third-order valence-electron chi connectivity index (χ3n) is 3.80. The van der Waals surface area contributed by atoms with Gasteiger partial charge < -0.3 is 9.26 Å². The first-order valence-corrected chi connectivity index (χ1v) is 9.93. The molecule has 1 N–H and O–H groups in total. The Morgan fingerprint density at radius 1 is 1.25 bits per heavy atom. The van der Waals surface area contributed by atoms with Crippen molar-refractivity contribution in [2.24, 2.45) is 0 Å². The number of nitrogens with zero attached hydrogens (tertiary/aromatic N) is 2. The third kappa shape index (κ3) is 4.38. The molecule has 0 fully saturated rings. The Balaban J connectivity index is 1.78. The van der Waals surface area contributed by atoms with Crippen LogP contribution in [0, 0.1) is 6.92 Å². The van der Waals surface area contributed by atoms with E-state index in [4.69, 9.17) is 16.1 Å². The number of nitrogens with one attached hydrogen (secondary N) is 1. The molecule has 1 aromatic heterocycles. The number of rotatable bonds is 6. The summed E-state index contributed by atoms with van der Waals surface area (Å²) in [5, 5.41) is 3.82. The van der Waals surface area contributed by atoms with Gasteiger partial charge >= 0.3 is 5.97 Å². The number of benzene rings is 2. The summed E-state index contributed by atoms with van der Waals surface area (Å²) in [5.74, 6) is -0.239. The minimum absolute atomic E-state index is 0.0360. The van der Waals surface area contributed by atoms with Crippen LogP contribution in [-0.4, -0.2) is 31.6 Å². The zero-order valence-corrected chi connectivity index (χ0v) is 16.5. The molecule has 28 heavy (non-hydrogen) atoms. The van der Waals surface area contributed by atoms with E-state index in [1.165, 1.54) is 19.2 Å². The SMILES string of the molecule is COC(=O)c1ccc(Cl)c(S(=O)(=O)NCc2nc(-c3cccc(C)c3)no2)c1. The lowest BCUT2D eigenvalue weighted by atomic mass is 10.1. The Morgan fingerprint density at radius 2 is 2.04 bits per heavy atom. The fourth-order valence-corrected chi connectivity index (χ4v) is 3.91. The van der Waals surface area contributed by atoms with E-state index in [-0.39, 0.29) is 27.9 Å². The first-order chi connectivity index (χ1) is 13.3. The summed E-state index contributed by atoms with van der Waals surface area (Å²) >= 11 is 5.99. The molecule has 10 heteroatoms.